The molecule has 6 nitrogen and oxygen atoms in total. The average molecular weight is 351 g/mol. The van der Waals surface area contributed by atoms with E-state index in [2.05, 4.69) is 10.2 Å². The minimum atomic E-state index is -0.00932. The largest absolute Gasteiger partial charge is 0.505 e. The van der Waals surface area contributed by atoms with Gasteiger partial charge in [-0.1, -0.05) is 24.3 Å². The maximum atomic E-state index is 10.6. The molecule has 0 spiro atoms. The molecule has 3 rings (SSSR count). The van der Waals surface area contributed by atoms with E-state index in [1.807, 2.05) is 38.1 Å². The maximum Gasteiger partial charge on any atom is 0.151 e. The molecule has 0 bridgehead atoms. The minimum Gasteiger partial charge on any atom is -0.505 e. The lowest BCUT2D eigenvalue weighted by Gasteiger charge is -2.14. The molecule has 0 aliphatic carbocycles. The van der Waals surface area contributed by atoms with Crippen LogP contribution in [0.2, 0.25) is 0 Å². The highest BCUT2D eigenvalue weighted by molar-refractivity contribution is 5.97. The van der Waals surface area contributed by atoms with Gasteiger partial charge in [0.05, 0.1) is 13.2 Å². The third kappa shape index (κ3) is 3.54. The van der Waals surface area contributed by atoms with Crippen LogP contribution < -0.4 is 15.2 Å². The number of azo groups is 1. The second kappa shape index (κ2) is 7.31. The number of nitrogens with zero attached hydrogens (tertiary/aromatic N) is 2. The van der Waals surface area contributed by atoms with Crippen LogP contribution in [0.4, 0.5) is 17.1 Å². The van der Waals surface area contributed by atoms with Crippen LogP contribution in [-0.2, 0) is 0 Å². The van der Waals surface area contributed by atoms with Crippen molar-refractivity contribution < 1.29 is 14.6 Å². The summed E-state index contributed by atoms with van der Waals surface area (Å²) in [6.07, 6.45) is -0.00932. The summed E-state index contributed by atoms with van der Waals surface area (Å²) in [5.74, 6) is 1.20. The van der Waals surface area contributed by atoms with Crippen LogP contribution in [0.25, 0.3) is 10.8 Å². The lowest BCUT2D eigenvalue weighted by atomic mass is 10.1. The minimum absolute atomic E-state index is 0.00932. The van der Waals surface area contributed by atoms with Crippen molar-refractivity contribution in [3.8, 4) is 17.2 Å². The first kappa shape index (κ1) is 17.5. The smallest absolute Gasteiger partial charge is 0.151 e. The molecule has 0 aliphatic heterocycles. The molecule has 0 aliphatic rings. The van der Waals surface area contributed by atoms with Crippen molar-refractivity contribution in [2.45, 2.75) is 20.0 Å². The summed E-state index contributed by atoms with van der Waals surface area (Å²) in [6, 6.07) is 14.2. The fourth-order valence-corrected chi connectivity index (χ4v) is 2.62. The number of hydrogen-bond donors (Lipinski definition) is 2. The van der Waals surface area contributed by atoms with Crippen molar-refractivity contribution in [3.63, 3.8) is 0 Å². The molecule has 134 valence electrons. The monoisotopic (exact) mass is 351 g/mol. The van der Waals surface area contributed by atoms with Gasteiger partial charge in [-0.15, -0.1) is 10.2 Å². The molecule has 0 unspecified atom stereocenters. The Morgan fingerprint density at radius 3 is 2.31 bits per heavy atom. The number of methoxy groups -OCH3 is 1. The van der Waals surface area contributed by atoms with Crippen LogP contribution in [0.5, 0.6) is 17.2 Å². The molecule has 26 heavy (non-hydrogen) atoms. The highest BCUT2D eigenvalue weighted by Crippen LogP contribution is 2.42. The number of nitrogens with two attached hydrogens (primary N) is 1. The number of nitrogen functional groups attached to an aromatic ring is 1. The molecule has 0 saturated heterocycles. The number of anilines is 1. The van der Waals surface area contributed by atoms with Crippen LogP contribution in [0.1, 0.15) is 13.8 Å². The molecule has 0 amide bonds. The molecule has 0 aromatic heterocycles. The summed E-state index contributed by atoms with van der Waals surface area (Å²) in [5.41, 5.74) is 7.16. The Bertz CT molecular complexity index is 968. The molecule has 0 heterocycles. The van der Waals surface area contributed by atoms with Gasteiger partial charge < -0.3 is 20.3 Å². The van der Waals surface area contributed by atoms with Gasteiger partial charge in [0.1, 0.15) is 22.9 Å². The molecular weight excluding hydrogens is 330 g/mol. The van der Waals surface area contributed by atoms with E-state index in [0.717, 1.165) is 5.39 Å². The van der Waals surface area contributed by atoms with Gasteiger partial charge in [-0.3, -0.25) is 0 Å². The van der Waals surface area contributed by atoms with Gasteiger partial charge in [-0.25, -0.2) is 0 Å². The van der Waals surface area contributed by atoms with Crippen molar-refractivity contribution in [3.05, 3.63) is 48.5 Å². The molecule has 3 aromatic carbocycles. The molecule has 3 aromatic rings. The molecule has 0 atom stereocenters. The first-order valence-corrected chi connectivity index (χ1v) is 8.26. The van der Waals surface area contributed by atoms with E-state index < -0.39 is 0 Å². The topological polar surface area (TPSA) is 89.4 Å². The van der Waals surface area contributed by atoms with E-state index in [9.17, 15) is 5.11 Å². The quantitative estimate of drug-likeness (QED) is 0.479. The second-order valence-corrected chi connectivity index (χ2v) is 6.09. The average Bonchev–Trinajstić information content (AvgIpc) is 2.63. The van der Waals surface area contributed by atoms with E-state index in [1.54, 1.807) is 24.3 Å². The molecule has 0 fully saturated rings. The number of phenols is 1. The van der Waals surface area contributed by atoms with E-state index in [0.29, 0.717) is 33.9 Å². The van der Waals surface area contributed by atoms with Gasteiger partial charge in [-0.05, 0) is 26.0 Å². The fraction of sp³-hybridized carbons (Fsp3) is 0.200. The van der Waals surface area contributed by atoms with Crippen LogP contribution in [0, 0.1) is 0 Å². The number of aromatic hydroxyl groups is 1. The molecule has 6 heteroatoms. The van der Waals surface area contributed by atoms with E-state index in [4.69, 9.17) is 15.2 Å². The number of hydrogen-bond acceptors (Lipinski definition) is 6. The summed E-state index contributed by atoms with van der Waals surface area (Å²) in [6.45, 7) is 3.89. The van der Waals surface area contributed by atoms with Gasteiger partial charge in [0, 0.05) is 28.6 Å². The summed E-state index contributed by atoms with van der Waals surface area (Å²) in [5, 5.41) is 20.5. The van der Waals surface area contributed by atoms with Crippen molar-refractivity contribution >= 4 is 27.8 Å². The van der Waals surface area contributed by atoms with Gasteiger partial charge in [0.25, 0.3) is 0 Å². The van der Waals surface area contributed by atoms with Crippen LogP contribution in [-0.4, -0.2) is 18.3 Å². The number of benzene rings is 3. The summed E-state index contributed by atoms with van der Waals surface area (Å²) in [7, 11) is 1.54. The molecule has 0 radical (unpaired) electrons. The number of ether oxygens (including phenoxy) is 2. The maximum absolute atomic E-state index is 10.6. The van der Waals surface area contributed by atoms with Gasteiger partial charge in [-0.2, -0.15) is 0 Å². The molecule has 3 N–H and O–H groups in total. The van der Waals surface area contributed by atoms with Gasteiger partial charge >= 0.3 is 0 Å². The molecular formula is C20H21N3O3. The van der Waals surface area contributed by atoms with Gasteiger partial charge in [0.2, 0.25) is 0 Å². The third-order valence-corrected chi connectivity index (χ3v) is 3.79. The Hall–Kier alpha value is -3.28. The zero-order valence-electron chi connectivity index (χ0n) is 14.9. The summed E-state index contributed by atoms with van der Waals surface area (Å²) < 4.78 is 11.2. The fourth-order valence-electron chi connectivity index (χ4n) is 2.62. The van der Waals surface area contributed by atoms with E-state index in [-0.39, 0.29) is 11.9 Å². The Morgan fingerprint density at radius 2 is 1.62 bits per heavy atom. The normalized spacial score (nSPS) is 11.4. The Balaban J connectivity index is 2.09. The first-order chi connectivity index (χ1) is 12.5. The Kier molecular flexibility index (Phi) is 4.93. The van der Waals surface area contributed by atoms with Crippen LogP contribution in [0.15, 0.2) is 58.8 Å². The first-order valence-electron chi connectivity index (χ1n) is 8.26. The van der Waals surface area contributed by atoms with Crippen molar-refractivity contribution in [2.24, 2.45) is 10.2 Å². The van der Waals surface area contributed by atoms with Crippen LogP contribution >= 0.6 is 0 Å². The number of fused-ring (bicyclic) bond motifs is 1. The zero-order valence-corrected chi connectivity index (χ0v) is 14.9. The molecule has 0 saturated carbocycles. The predicted octanol–water partition coefficient (Wildman–Crippen LogP) is 5.34. The third-order valence-electron chi connectivity index (χ3n) is 3.79. The SMILES string of the molecule is COc1cc(N)ccc1N=Nc1cc(OC(C)C)c2ccccc2c1O. The highest BCUT2D eigenvalue weighted by atomic mass is 16.5. The highest BCUT2D eigenvalue weighted by Gasteiger charge is 2.13. The van der Waals surface area contributed by atoms with E-state index in [1.165, 1.54) is 7.11 Å². The lowest BCUT2D eigenvalue weighted by molar-refractivity contribution is 0.245. The number of phenolic OH excluding ortho intramolecular Hbond substituents is 1. The standard InChI is InChI=1S/C20H21N3O3/c1-12(2)26-18-11-17(20(24)15-7-5-4-6-14(15)18)23-22-16-9-8-13(21)10-19(16)25-3/h4-12,24H,21H2,1-3H3. The van der Waals surface area contributed by atoms with E-state index >= 15 is 0 Å². The number of rotatable bonds is 5. The van der Waals surface area contributed by atoms with Crippen LogP contribution in [0.3, 0.4) is 0 Å². The Morgan fingerprint density at radius 1 is 0.923 bits per heavy atom. The lowest BCUT2D eigenvalue weighted by Crippen LogP contribution is -2.05. The van der Waals surface area contributed by atoms with Gasteiger partial charge in [0.15, 0.2) is 5.75 Å². The van der Waals surface area contributed by atoms with Crippen molar-refractivity contribution in [1.29, 1.82) is 0 Å². The Labute approximate surface area is 151 Å². The summed E-state index contributed by atoms with van der Waals surface area (Å²) >= 11 is 0. The van der Waals surface area contributed by atoms with Crippen molar-refractivity contribution in [1.82, 2.24) is 0 Å². The summed E-state index contributed by atoms with van der Waals surface area (Å²) in [4.78, 5) is 0. The zero-order chi connectivity index (χ0) is 18.7. The van der Waals surface area contributed by atoms with Crippen molar-refractivity contribution in [2.75, 3.05) is 12.8 Å². The predicted molar refractivity (Wildman–Crippen MR) is 103 cm³/mol. The second-order valence-electron chi connectivity index (χ2n) is 6.09.